The molecule has 3 aromatic rings. The maximum atomic E-state index is 12.8. The third kappa shape index (κ3) is 2.66. The van der Waals surface area contributed by atoms with Crippen molar-refractivity contribution < 1.29 is 14.3 Å². The van der Waals surface area contributed by atoms with Crippen LogP contribution >= 0.6 is 0 Å². The molecule has 2 amide bonds. The number of aromatic nitrogens is 4. The number of aryl methyl sites for hydroxylation is 1. The summed E-state index contributed by atoms with van der Waals surface area (Å²) in [6.45, 7) is 3.66. The summed E-state index contributed by atoms with van der Waals surface area (Å²) in [6, 6.07) is 9.94. The number of amides is 2. The quantitative estimate of drug-likeness (QED) is 0.661. The molecule has 136 valence electrons. The van der Waals surface area contributed by atoms with Crippen LogP contribution in [0.2, 0.25) is 0 Å². The van der Waals surface area contributed by atoms with Crippen LogP contribution in [-0.2, 0) is 0 Å². The zero-order valence-electron chi connectivity index (χ0n) is 15.1. The molecule has 0 unspecified atom stereocenters. The van der Waals surface area contributed by atoms with Crippen LogP contribution < -0.4 is 4.74 Å². The molecule has 27 heavy (non-hydrogen) atoms. The fraction of sp³-hybridized carbons (Fsp3) is 0.211. The predicted octanol–water partition coefficient (Wildman–Crippen LogP) is 2.34. The minimum Gasteiger partial charge on any atom is -0.466 e. The molecule has 0 saturated carbocycles. The van der Waals surface area contributed by atoms with E-state index >= 15 is 0 Å². The first-order valence-corrected chi connectivity index (χ1v) is 8.42. The summed E-state index contributed by atoms with van der Waals surface area (Å²) in [7, 11) is 1.46. The molecular weight excluding hydrogens is 346 g/mol. The van der Waals surface area contributed by atoms with Crippen LogP contribution in [0, 0.1) is 6.92 Å². The average molecular weight is 363 g/mol. The Labute approximate surface area is 155 Å². The first-order valence-electron chi connectivity index (χ1n) is 8.42. The molecule has 3 heterocycles. The standard InChI is InChI=1S/C19H17N5O3/c1-11-8-9-15(20-10-11)24-16(21-19(22-24)27-3)12(2)23-17(25)13-6-4-5-7-14(13)18(23)26/h4-10,12H,1-3H3/t12-/m1/s1. The number of fused-ring (bicyclic) bond motifs is 1. The smallest absolute Gasteiger partial charge is 0.335 e. The maximum absolute atomic E-state index is 12.8. The van der Waals surface area contributed by atoms with Gasteiger partial charge >= 0.3 is 6.01 Å². The highest BCUT2D eigenvalue weighted by Gasteiger charge is 2.40. The molecule has 1 aliphatic heterocycles. The Balaban J connectivity index is 1.78. The van der Waals surface area contributed by atoms with E-state index in [1.54, 1.807) is 43.5 Å². The summed E-state index contributed by atoms with van der Waals surface area (Å²) in [5.74, 6) is 0.203. The topological polar surface area (TPSA) is 90.2 Å². The van der Waals surface area contributed by atoms with Gasteiger partial charge in [0.05, 0.1) is 24.3 Å². The van der Waals surface area contributed by atoms with Gasteiger partial charge in [0.25, 0.3) is 11.8 Å². The predicted molar refractivity (Wildman–Crippen MR) is 95.8 cm³/mol. The summed E-state index contributed by atoms with van der Waals surface area (Å²) in [6.07, 6.45) is 1.71. The molecule has 0 aliphatic carbocycles. The van der Waals surface area contributed by atoms with Gasteiger partial charge in [0.1, 0.15) is 0 Å². The number of carbonyl (C=O) groups excluding carboxylic acids is 2. The van der Waals surface area contributed by atoms with Gasteiger partial charge in [-0.2, -0.15) is 9.67 Å². The number of imide groups is 1. The van der Waals surface area contributed by atoms with Crippen molar-refractivity contribution >= 4 is 11.8 Å². The molecule has 1 atom stereocenters. The first-order chi connectivity index (χ1) is 13.0. The van der Waals surface area contributed by atoms with E-state index in [-0.39, 0.29) is 17.8 Å². The van der Waals surface area contributed by atoms with Gasteiger partial charge < -0.3 is 4.74 Å². The van der Waals surface area contributed by atoms with Crippen LogP contribution in [0.1, 0.15) is 45.1 Å². The van der Waals surface area contributed by atoms with Gasteiger partial charge in [0.2, 0.25) is 0 Å². The lowest BCUT2D eigenvalue weighted by Crippen LogP contribution is -2.34. The Bertz CT molecular complexity index is 1010. The molecule has 0 radical (unpaired) electrons. The summed E-state index contributed by atoms with van der Waals surface area (Å²) < 4.78 is 6.64. The van der Waals surface area contributed by atoms with Gasteiger partial charge in [-0.05, 0) is 37.6 Å². The lowest BCUT2D eigenvalue weighted by molar-refractivity contribution is 0.0587. The zero-order valence-corrected chi connectivity index (χ0v) is 15.1. The van der Waals surface area contributed by atoms with Gasteiger partial charge in [0, 0.05) is 6.20 Å². The number of rotatable bonds is 4. The number of ether oxygens (including phenoxy) is 1. The van der Waals surface area contributed by atoms with E-state index in [0.717, 1.165) is 5.56 Å². The molecule has 0 N–H and O–H groups in total. The van der Waals surface area contributed by atoms with E-state index in [9.17, 15) is 9.59 Å². The monoisotopic (exact) mass is 363 g/mol. The summed E-state index contributed by atoms with van der Waals surface area (Å²) in [5, 5.41) is 4.29. The highest BCUT2D eigenvalue weighted by molar-refractivity contribution is 6.21. The fourth-order valence-corrected chi connectivity index (χ4v) is 3.09. The highest BCUT2D eigenvalue weighted by Crippen LogP contribution is 2.31. The van der Waals surface area contributed by atoms with Crippen molar-refractivity contribution in [2.24, 2.45) is 0 Å². The van der Waals surface area contributed by atoms with E-state index in [1.807, 2.05) is 13.0 Å². The fourth-order valence-electron chi connectivity index (χ4n) is 3.09. The summed E-state index contributed by atoms with van der Waals surface area (Å²) in [4.78, 5) is 35.5. The number of pyridine rings is 1. The van der Waals surface area contributed by atoms with Gasteiger partial charge in [0.15, 0.2) is 11.6 Å². The highest BCUT2D eigenvalue weighted by atomic mass is 16.5. The number of carbonyl (C=O) groups is 2. The molecular formula is C19H17N5O3. The average Bonchev–Trinajstić information content (AvgIpc) is 3.22. The van der Waals surface area contributed by atoms with Gasteiger partial charge in [-0.3, -0.25) is 14.5 Å². The molecule has 0 saturated heterocycles. The van der Waals surface area contributed by atoms with Gasteiger partial charge in [-0.25, -0.2) is 4.98 Å². The Morgan fingerprint density at radius 1 is 1.04 bits per heavy atom. The lowest BCUT2D eigenvalue weighted by atomic mass is 10.1. The largest absolute Gasteiger partial charge is 0.466 e. The van der Waals surface area contributed by atoms with E-state index < -0.39 is 6.04 Å². The molecule has 0 spiro atoms. The van der Waals surface area contributed by atoms with Crippen molar-refractivity contribution in [2.45, 2.75) is 19.9 Å². The number of nitrogens with zero attached hydrogens (tertiary/aromatic N) is 5. The number of hydrogen-bond donors (Lipinski definition) is 0. The second kappa shape index (κ2) is 6.31. The minimum absolute atomic E-state index is 0.135. The SMILES string of the molecule is COc1nc([C@@H](C)N2C(=O)c3ccccc3C2=O)n(-c2ccc(C)cn2)n1. The van der Waals surface area contributed by atoms with Crippen LogP contribution in [-0.4, -0.2) is 43.6 Å². The molecule has 2 aromatic heterocycles. The molecule has 8 heteroatoms. The molecule has 0 bridgehead atoms. The zero-order chi connectivity index (χ0) is 19.1. The van der Waals surface area contributed by atoms with E-state index in [0.29, 0.717) is 22.8 Å². The van der Waals surface area contributed by atoms with Gasteiger partial charge in [-0.15, -0.1) is 5.10 Å². The Morgan fingerprint density at radius 3 is 2.26 bits per heavy atom. The van der Waals surface area contributed by atoms with E-state index in [1.165, 1.54) is 16.7 Å². The molecule has 1 aliphatic rings. The summed E-state index contributed by atoms with van der Waals surface area (Å²) in [5.41, 5.74) is 1.78. The van der Waals surface area contributed by atoms with Crippen molar-refractivity contribution in [3.63, 3.8) is 0 Å². The summed E-state index contributed by atoms with van der Waals surface area (Å²) >= 11 is 0. The number of hydrogen-bond acceptors (Lipinski definition) is 6. The molecule has 1 aromatic carbocycles. The lowest BCUT2D eigenvalue weighted by Gasteiger charge is -2.21. The normalized spacial score (nSPS) is 14.4. The Hall–Kier alpha value is -3.55. The Morgan fingerprint density at radius 2 is 1.70 bits per heavy atom. The van der Waals surface area contributed by atoms with E-state index in [2.05, 4.69) is 15.1 Å². The molecule has 8 nitrogen and oxygen atoms in total. The van der Waals surface area contributed by atoms with Crippen LogP contribution in [0.3, 0.4) is 0 Å². The van der Waals surface area contributed by atoms with Crippen LogP contribution in [0.15, 0.2) is 42.6 Å². The van der Waals surface area contributed by atoms with Crippen molar-refractivity contribution in [1.29, 1.82) is 0 Å². The second-order valence-electron chi connectivity index (χ2n) is 6.26. The second-order valence-corrected chi connectivity index (χ2v) is 6.26. The third-order valence-corrected chi connectivity index (χ3v) is 4.49. The third-order valence-electron chi connectivity index (χ3n) is 4.49. The number of benzene rings is 1. The van der Waals surface area contributed by atoms with E-state index in [4.69, 9.17) is 4.74 Å². The Kier molecular flexibility index (Phi) is 3.95. The van der Waals surface area contributed by atoms with Crippen molar-refractivity contribution in [1.82, 2.24) is 24.6 Å². The molecule has 4 rings (SSSR count). The van der Waals surface area contributed by atoms with Crippen LogP contribution in [0.5, 0.6) is 6.01 Å². The van der Waals surface area contributed by atoms with Crippen molar-refractivity contribution in [3.05, 3.63) is 65.1 Å². The van der Waals surface area contributed by atoms with Crippen LogP contribution in [0.4, 0.5) is 0 Å². The van der Waals surface area contributed by atoms with Gasteiger partial charge in [-0.1, -0.05) is 18.2 Å². The van der Waals surface area contributed by atoms with Crippen molar-refractivity contribution in [3.8, 4) is 11.8 Å². The number of methoxy groups -OCH3 is 1. The van der Waals surface area contributed by atoms with Crippen molar-refractivity contribution in [2.75, 3.05) is 7.11 Å². The minimum atomic E-state index is -0.656. The van der Waals surface area contributed by atoms with Crippen LogP contribution in [0.25, 0.3) is 5.82 Å². The first kappa shape index (κ1) is 16.9. The maximum Gasteiger partial charge on any atom is 0.335 e. The molecule has 0 fully saturated rings.